The van der Waals surface area contributed by atoms with Crippen LogP contribution in [-0.4, -0.2) is 43.9 Å². The second kappa shape index (κ2) is 7.35. The molecular formula is C13H24N4O3S. The van der Waals surface area contributed by atoms with Gasteiger partial charge in [0.25, 0.3) is 0 Å². The molecule has 1 aliphatic rings. The van der Waals surface area contributed by atoms with Crippen LogP contribution in [0.2, 0.25) is 0 Å². The number of ether oxygens (including phenoxy) is 1. The number of rotatable bonds is 7. The number of aryl methyl sites for hydroxylation is 1. The Kier molecular flexibility index (Phi) is 5.74. The smallest absolute Gasteiger partial charge is 0.243 e. The highest BCUT2D eigenvalue weighted by atomic mass is 32.2. The zero-order valence-corrected chi connectivity index (χ0v) is 13.2. The van der Waals surface area contributed by atoms with Gasteiger partial charge in [0.2, 0.25) is 10.0 Å². The number of nitrogens with one attached hydrogen (secondary N) is 2. The monoisotopic (exact) mass is 316 g/mol. The van der Waals surface area contributed by atoms with Crippen molar-refractivity contribution < 1.29 is 13.2 Å². The molecule has 1 aliphatic carbocycles. The Hall–Kier alpha value is -0.960. The van der Waals surface area contributed by atoms with E-state index in [9.17, 15) is 8.42 Å². The van der Waals surface area contributed by atoms with E-state index in [-0.39, 0.29) is 11.0 Å². The molecule has 2 rings (SSSR count). The Bertz CT molecular complexity index is 535. The van der Waals surface area contributed by atoms with Crippen LogP contribution in [0.15, 0.2) is 11.1 Å². The fourth-order valence-corrected chi connectivity index (χ4v) is 3.68. The van der Waals surface area contributed by atoms with Crippen LogP contribution in [-0.2, 0) is 14.8 Å². The van der Waals surface area contributed by atoms with E-state index in [2.05, 4.69) is 14.9 Å². The fraction of sp³-hybridized carbons (Fsp3) is 0.769. The van der Waals surface area contributed by atoms with E-state index in [0.717, 1.165) is 25.7 Å². The predicted molar refractivity (Wildman–Crippen MR) is 79.3 cm³/mol. The number of H-pyrrole nitrogens is 1. The third-order valence-electron chi connectivity index (χ3n) is 3.76. The molecule has 4 N–H and O–H groups in total. The second-order valence-corrected chi connectivity index (χ2v) is 7.25. The zero-order valence-electron chi connectivity index (χ0n) is 12.3. The van der Waals surface area contributed by atoms with E-state index in [1.54, 1.807) is 6.92 Å². The van der Waals surface area contributed by atoms with Gasteiger partial charge in [0, 0.05) is 19.2 Å². The molecule has 8 heteroatoms. The van der Waals surface area contributed by atoms with Crippen molar-refractivity contribution in [1.29, 1.82) is 0 Å². The number of hydrogen-bond donors (Lipinski definition) is 3. The molecule has 0 aromatic carbocycles. The lowest BCUT2D eigenvalue weighted by molar-refractivity contribution is 0.0245. The molecule has 1 aromatic rings. The summed E-state index contributed by atoms with van der Waals surface area (Å²) in [5.41, 5.74) is 6.38. The number of aromatic nitrogens is 2. The van der Waals surface area contributed by atoms with Gasteiger partial charge >= 0.3 is 0 Å². The van der Waals surface area contributed by atoms with Gasteiger partial charge in [-0.1, -0.05) is 0 Å². The Morgan fingerprint density at radius 2 is 2.14 bits per heavy atom. The fourth-order valence-electron chi connectivity index (χ4n) is 2.47. The highest BCUT2D eigenvalue weighted by Gasteiger charge is 2.19. The molecule has 0 amide bonds. The van der Waals surface area contributed by atoms with Gasteiger partial charge in [-0.3, -0.25) is 5.10 Å². The lowest BCUT2D eigenvalue weighted by atomic mass is 9.94. The van der Waals surface area contributed by atoms with Gasteiger partial charge in [-0.05, 0) is 39.0 Å². The normalized spacial score (nSPS) is 23.3. The first-order valence-corrected chi connectivity index (χ1v) is 8.84. The van der Waals surface area contributed by atoms with Crippen molar-refractivity contribution in [1.82, 2.24) is 14.9 Å². The van der Waals surface area contributed by atoms with Crippen LogP contribution < -0.4 is 10.5 Å². The zero-order chi connectivity index (χ0) is 15.3. The molecule has 0 saturated heterocycles. The highest BCUT2D eigenvalue weighted by Crippen LogP contribution is 2.19. The van der Waals surface area contributed by atoms with Crippen LogP contribution in [0.3, 0.4) is 0 Å². The molecule has 1 aromatic heterocycles. The molecule has 0 radical (unpaired) electrons. The average molecular weight is 316 g/mol. The maximum absolute atomic E-state index is 12.0. The van der Waals surface area contributed by atoms with Crippen LogP contribution in [0, 0.1) is 6.92 Å². The lowest BCUT2D eigenvalue weighted by Crippen LogP contribution is -2.31. The average Bonchev–Trinajstić information content (AvgIpc) is 2.87. The van der Waals surface area contributed by atoms with Crippen molar-refractivity contribution in [3.63, 3.8) is 0 Å². The van der Waals surface area contributed by atoms with Crippen LogP contribution in [0.5, 0.6) is 0 Å². The van der Waals surface area contributed by atoms with Crippen molar-refractivity contribution in [3.8, 4) is 0 Å². The Morgan fingerprint density at radius 1 is 1.43 bits per heavy atom. The first-order valence-electron chi connectivity index (χ1n) is 7.36. The quantitative estimate of drug-likeness (QED) is 0.641. The number of aromatic amines is 1. The van der Waals surface area contributed by atoms with Crippen molar-refractivity contribution in [2.45, 2.75) is 56.1 Å². The molecule has 0 aliphatic heterocycles. The van der Waals surface area contributed by atoms with Gasteiger partial charge in [0.15, 0.2) is 0 Å². The number of nitrogens with two attached hydrogens (primary N) is 1. The van der Waals surface area contributed by atoms with Gasteiger partial charge in [-0.2, -0.15) is 5.10 Å². The van der Waals surface area contributed by atoms with Gasteiger partial charge in [0.1, 0.15) is 4.90 Å². The molecule has 1 saturated carbocycles. The summed E-state index contributed by atoms with van der Waals surface area (Å²) in [5.74, 6) is 0. The Morgan fingerprint density at radius 3 is 2.76 bits per heavy atom. The maximum atomic E-state index is 12.0. The predicted octanol–water partition coefficient (Wildman–Crippen LogP) is 0.673. The summed E-state index contributed by atoms with van der Waals surface area (Å²) in [6.45, 7) is 2.60. The van der Waals surface area contributed by atoms with Crippen LogP contribution in [0.1, 0.15) is 37.8 Å². The molecule has 0 unspecified atom stereocenters. The van der Waals surface area contributed by atoms with E-state index in [4.69, 9.17) is 10.5 Å². The van der Waals surface area contributed by atoms with E-state index in [1.807, 2.05) is 0 Å². The number of hydrogen-bond acceptors (Lipinski definition) is 5. The molecule has 120 valence electrons. The SMILES string of the molecule is Cc1[nH]ncc1S(=O)(=O)NCCCOC1CCC(N)CC1. The summed E-state index contributed by atoms with van der Waals surface area (Å²) in [4.78, 5) is 0.199. The summed E-state index contributed by atoms with van der Waals surface area (Å²) in [6.07, 6.45) is 6.27. The topological polar surface area (TPSA) is 110 Å². The molecule has 0 bridgehead atoms. The van der Waals surface area contributed by atoms with Gasteiger partial charge in [-0.25, -0.2) is 13.1 Å². The van der Waals surface area contributed by atoms with Crippen LogP contribution >= 0.6 is 0 Å². The summed E-state index contributed by atoms with van der Waals surface area (Å²) >= 11 is 0. The molecule has 21 heavy (non-hydrogen) atoms. The summed E-state index contributed by atoms with van der Waals surface area (Å²) in [7, 11) is -3.48. The van der Waals surface area contributed by atoms with E-state index in [0.29, 0.717) is 31.3 Å². The summed E-state index contributed by atoms with van der Waals surface area (Å²) in [5, 5.41) is 6.34. The van der Waals surface area contributed by atoms with E-state index in [1.165, 1.54) is 6.20 Å². The molecule has 1 fully saturated rings. The molecule has 7 nitrogen and oxygen atoms in total. The Balaban J connectivity index is 1.65. The van der Waals surface area contributed by atoms with E-state index >= 15 is 0 Å². The van der Waals surface area contributed by atoms with Crippen molar-refractivity contribution >= 4 is 10.0 Å². The maximum Gasteiger partial charge on any atom is 0.243 e. The number of sulfonamides is 1. The van der Waals surface area contributed by atoms with Crippen LogP contribution in [0.25, 0.3) is 0 Å². The lowest BCUT2D eigenvalue weighted by Gasteiger charge is -2.26. The largest absolute Gasteiger partial charge is 0.378 e. The molecule has 0 atom stereocenters. The first-order chi connectivity index (χ1) is 9.99. The third-order valence-corrected chi connectivity index (χ3v) is 5.33. The number of nitrogens with zero attached hydrogens (tertiary/aromatic N) is 1. The highest BCUT2D eigenvalue weighted by molar-refractivity contribution is 7.89. The standard InChI is InChI=1S/C13H24N4O3S/c1-10-13(9-15-17-10)21(18,19)16-7-2-8-20-12-5-3-11(14)4-6-12/h9,11-12,16H,2-8,14H2,1H3,(H,15,17). The van der Waals surface area contributed by atoms with E-state index < -0.39 is 10.0 Å². The Labute approximate surface area is 125 Å². The second-order valence-electron chi connectivity index (χ2n) is 5.52. The van der Waals surface area contributed by atoms with Crippen LogP contribution in [0.4, 0.5) is 0 Å². The van der Waals surface area contributed by atoms with Gasteiger partial charge < -0.3 is 10.5 Å². The minimum Gasteiger partial charge on any atom is -0.378 e. The molecule has 1 heterocycles. The third kappa shape index (κ3) is 4.77. The van der Waals surface area contributed by atoms with Gasteiger partial charge in [-0.15, -0.1) is 0 Å². The summed E-state index contributed by atoms with van der Waals surface area (Å²) < 4.78 is 32.3. The van der Waals surface area contributed by atoms with Crippen molar-refractivity contribution in [2.24, 2.45) is 5.73 Å². The summed E-state index contributed by atoms with van der Waals surface area (Å²) in [6, 6.07) is 0.315. The molecule has 0 spiro atoms. The molecular weight excluding hydrogens is 292 g/mol. The van der Waals surface area contributed by atoms with Crippen molar-refractivity contribution in [2.75, 3.05) is 13.2 Å². The minimum atomic E-state index is -3.48. The van der Waals surface area contributed by atoms with Crippen molar-refractivity contribution in [3.05, 3.63) is 11.9 Å². The van der Waals surface area contributed by atoms with Gasteiger partial charge in [0.05, 0.1) is 18.0 Å². The first kappa shape index (κ1) is 16.4. The minimum absolute atomic E-state index is 0.199.